The van der Waals surface area contributed by atoms with Crippen molar-refractivity contribution in [3.05, 3.63) is 84.4 Å². The number of ether oxygens (including phenoxy) is 3. The predicted octanol–water partition coefficient (Wildman–Crippen LogP) is 4.52. The molecule has 0 aliphatic carbocycles. The number of rotatable bonds is 8. The molecule has 3 unspecified atom stereocenters. The molecule has 132 valence electrons. The highest BCUT2D eigenvalue weighted by molar-refractivity contribution is 5.14. The summed E-state index contributed by atoms with van der Waals surface area (Å²) in [6.07, 6.45) is 3.84. The summed E-state index contributed by atoms with van der Waals surface area (Å²) in [5, 5.41) is 0. The van der Waals surface area contributed by atoms with Crippen LogP contribution in [0.5, 0.6) is 0 Å². The molecule has 1 aliphatic rings. The fraction of sp³-hybridized carbons (Fsp3) is 0.364. The first-order valence-corrected chi connectivity index (χ1v) is 8.90. The van der Waals surface area contributed by atoms with Crippen molar-refractivity contribution in [3.8, 4) is 0 Å². The van der Waals surface area contributed by atoms with E-state index in [0.717, 1.165) is 12.8 Å². The fourth-order valence-corrected chi connectivity index (χ4v) is 3.05. The van der Waals surface area contributed by atoms with Crippen molar-refractivity contribution in [2.75, 3.05) is 6.61 Å². The third-order valence-corrected chi connectivity index (χ3v) is 4.46. The van der Waals surface area contributed by atoms with Gasteiger partial charge >= 0.3 is 0 Å². The van der Waals surface area contributed by atoms with Crippen LogP contribution >= 0.6 is 0 Å². The van der Waals surface area contributed by atoms with Crippen LogP contribution in [-0.4, -0.2) is 24.9 Å². The molecular weight excluding hydrogens is 312 g/mol. The van der Waals surface area contributed by atoms with E-state index in [-0.39, 0.29) is 18.3 Å². The van der Waals surface area contributed by atoms with E-state index in [1.165, 1.54) is 11.1 Å². The van der Waals surface area contributed by atoms with Crippen molar-refractivity contribution in [2.45, 2.75) is 44.4 Å². The first-order valence-electron chi connectivity index (χ1n) is 8.90. The van der Waals surface area contributed by atoms with Crippen LogP contribution in [-0.2, 0) is 27.4 Å². The Labute approximate surface area is 150 Å². The van der Waals surface area contributed by atoms with Gasteiger partial charge in [-0.15, -0.1) is 6.58 Å². The summed E-state index contributed by atoms with van der Waals surface area (Å²) < 4.78 is 18.1. The third kappa shape index (κ3) is 5.53. The monoisotopic (exact) mass is 338 g/mol. The lowest BCUT2D eigenvalue weighted by atomic mass is 10.0. The van der Waals surface area contributed by atoms with E-state index in [0.29, 0.717) is 19.8 Å². The Bertz CT molecular complexity index is 626. The van der Waals surface area contributed by atoms with Gasteiger partial charge in [0, 0.05) is 0 Å². The van der Waals surface area contributed by atoms with Crippen LogP contribution in [0.2, 0.25) is 0 Å². The molecule has 3 rings (SSSR count). The van der Waals surface area contributed by atoms with Crippen molar-refractivity contribution < 1.29 is 14.2 Å². The Morgan fingerprint density at radius 2 is 1.56 bits per heavy atom. The molecule has 0 saturated carbocycles. The Hall–Kier alpha value is -1.94. The fourth-order valence-electron chi connectivity index (χ4n) is 3.05. The van der Waals surface area contributed by atoms with Crippen LogP contribution < -0.4 is 0 Å². The number of hydrogen-bond donors (Lipinski definition) is 0. The molecule has 0 N–H and O–H groups in total. The summed E-state index contributed by atoms with van der Waals surface area (Å²) in [6, 6.07) is 20.4. The molecule has 1 aliphatic heterocycles. The van der Waals surface area contributed by atoms with Gasteiger partial charge in [0.1, 0.15) is 6.10 Å². The zero-order valence-corrected chi connectivity index (χ0v) is 14.6. The molecule has 1 heterocycles. The van der Waals surface area contributed by atoms with E-state index in [2.05, 4.69) is 30.8 Å². The summed E-state index contributed by atoms with van der Waals surface area (Å²) in [5.41, 5.74) is 2.35. The first kappa shape index (κ1) is 17.9. The Balaban J connectivity index is 1.52. The van der Waals surface area contributed by atoms with Gasteiger partial charge in [-0.05, 0) is 24.0 Å². The normalized spacial score (nSPS) is 23.3. The molecule has 0 amide bonds. The Morgan fingerprint density at radius 1 is 0.920 bits per heavy atom. The lowest BCUT2D eigenvalue weighted by Crippen LogP contribution is -2.42. The van der Waals surface area contributed by atoms with E-state index >= 15 is 0 Å². The summed E-state index contributed by atoms with van der Waals surface area (Å²) in [7, 11) is 0. The molecule has 3 heteroatoms. The largest absolute Gasteiger partial charge is 0.374 e. The molecule has 3 nitrogen and oxygen atoms in total. The Morgan fingerprint density at radius 3 is 2.20 bits per heavy atom. The minimum atomic E-state index is -0.0656. The summed E-state index contributed by atoms with van der Waals surface area (Å²) in [5.74, 6) is 0. The smallest absolute Gasteiger partial charge is 0.108 e. The standard InChI is InChI=1S/C22H26O3/c1-2-20-13-14-21(24-16-19-11-7-4-8-12-19)22(25-20)17-23-15-18-9-5-3-6-10-18/h2-12,20-22H,1,13-17H2. The van der Waals surface area contributed by atoms with Gasteiger partial charge < -0.3 is 14.2 Å². The third-order valence-electron chi connectivity index (χ3n) is 4.46. The van der Waals surface area contributed by atoms with Crippen LogP contribution in [0.3, 0.4) is 0 Å². The maximum Gasteiger partial charge on any atom is 0.108 e. The lowest BCUT2D eigenvalue weighted by molar-refractivity contribution is -0.154. The molecule has 2 aromatic rings. The molecule has 2 aromatic carbocycles. The van der Waals surface area contributed by atoms with Gasteiger partial charge in [-0.3, -0.25) is 0 Å². The van der Waals surface area contributed by atoms with E-state index in [1.807, 2.05) is 42.5 Å². The molecule has 0 radical (unpaired) electrons. The van der Waals surface area contributed by atoms with Crippen molar-refractivity contribution in [1.82, 2.24) is 0 Å². The van der Waals surface area contributed by atoms with Crippen molar-refractivity contribution in [3.63, 3.8) is 0 Å². The average molecular weight is 338 g/mol. The van der Waals surface area contributed by atoms with Gasteiger partial charge in [-0.1, -0.05) is 66.7 Å². The van der Waals surface area contributed by atoms with Crippen LogP contribution in [0.1, 0.15) is 24.0 Å². The average Bonchev–Trinajstić information content (AvgIpc) is 2.68. The number of hydrogen-bond acceptors (Lipinski definition) is 3. The molecule has 1 fully saturated rings. The van der Waals surface area contributed by atoms with Crippen LogP contribution in [0.25, 0.3) is 0 Å². The highest BCUT2D eigenvalue weighted by Crippen LogP contribution is 2.24. The minimum absolute atomic E-state index is 0.0483. The first-order chi connectivity index (χ1) is 12.3. The quantitative estimate of drug-likeness (QED) is 0.662. The van der Waals surface area contributed by atoms with Gasteiger partial charge in [0.15, 0.2) is 0 Å². The lowest BCUT2D eigenvalue weighted by Gasteiger charge is -2.35. The van der Waals surface area contributed by atoms with Crippen LogP contribution in [0, 0.1) is 0 Å². The van der Waals surface area contributed by atoms with E-state index in [1.54, 1.807) is 0 Å². The second kappa shape index (κ2) is 9.52. The highest BCUT2D eigenvalue weighted by Gasteiger charge is 2.31. The molecule has 3 atom stereocenters. The summed E-state index contributed by atoms with van der Waals surface area (Å²) in [4.78, 5) is 0. The maximum absolute atomic E-state index is 6.14. The van der Waals surface area contributed by atoms with E-state index in [9.17, 15) is 0 Å². The van der Waals surface area contributed by atoms with Gasteiger partial charge in [0.2, 0.25) is 0 Å². The van der Waals surface area contributed by atoms with Gasteiger partial charge in [0.25, 0.3) is 0 Å². The van der Waals surface area contributed by atoms with Gasteiger partial charge in [-0.25, -0.2) is 0 Å². The van der Waals surface area contributed by atoms with Gasteiger partial charge in [-0.2, -0.15) is 0 Å². The summed E-state index contributed by atoms with van der Waals surface area (Å²) >= 11 is 0. The van der Waals surface area contributed by atoms with Crippen molar-refractivity contribution in [2.24, 2.45) is 0 Å². The summed E-state index contributed by atoms with van der Waals surface area (Å²) in [6.45, 7) is 5.57. The topological polar surface area (TPSA) is 27.7 Å². The Kier molecular flexibility index (Phi) is 6.80. The van der Waals surface area contributed by atoms with Crippen LogP contribution in [0.4, 0.5) is 0 Å². The number of benzene rings is 2. The predicted molar refractivity (Wildman–Crippen MR) is 99.2 cm³/mol. The SMILES string of the molecule is C=CC1CCC(OCc2ccccc2)C(COCc2ccccc2)O1. The van der Waals surface area contributed by atoms with Crippen molar-refractivity contribution in [1.29, 1.82) is 0 Å². The van der Waals surface area contributed by atoms with Gasteiger partial charge in [0.05, 0.1) is 32.0 Å². The van der Waals surface area contributed by atoms with Crippen LogP contribution in [0.15, 0.2) is 73.3 Å². The second-order valence-corrected chi connectivity index (χ2v) is 6.36. The molecule has 1 saturated heterocycles. The van der Waals surface area contributed by atoms with E-state index in [4.69, 9.17) is 14.2 Å². The molecular formula is C22H26O3. The van der Waals surface area contributed by atoms with E-state index < -0.39 is 0 Å². The highest BCUT2D eigenvalue weighted by atomic mass is 16.6. The second-order valence-electron chi connectivity index (χ2n) is 6.36. The van der Waals surface area contributed by atoms with Crippen molar-refractivity contribution >= 4 is 0 Å². The molecule has 0 bridgehead atoms. The molecule has 0 spiro atoms. The minimum Gasteiger partial charge on any atom is -0.374 e. The zero-order valence-electron chi connectivity index (χ0n) is 14.6. The molecule has 25 heavy (non-hydrogen) atoms. The molecule has 0 aromatic heterocycles. The zero-order chi connectivity index (χ0) is 17.3. The maximum atomic E-state index is 6.14.